The SMILES string of the molecule is CN(C)C1(N(C)C)Cc2cccc3cccc1c23. The summed E-state index contributed by atoms with van der Waals surface area (Å²) >= 11 is 0. The molecule has 0 atom stereocenters. The first kappa shape index (κ1) is 11.7. The highest BCUT2D eigenvalue weighted by atomic mass is 15.4. The van der Waals surface area contributed by atoms with Gasteiger partial charge in [-0.05, 0) is 50.1 Å². The molecule has 0 aromatic heterocycles. The first-order chi connectivity index (χ1) is 8.57. The Hall–Kier alpha value is -1.38. The van der Waals surface area contributed by atoms with Crippen LogP contribution in [-0.2, 0) is 12.1 Å². The second-order valence-electron chi connectivity index (χ2n) is 5.60. The van der Waals surface area contributed by atoms with Gasteiger partial charge in [-0.1, -0.05) is 36.4 Å². The van der Waals surface area contributed by atoms with Crippen LogP contribution < -0.4 is 0 Å². The number of rotatable bonds is 2. The van der Waals surface area contributed by atoms with E-state index in [4.69, 9.17) is 0 Å². The van der Waals surface area contributed by atoms with E-state index in [1.165, 1.54) is 21.9 Å². The maximum absolute atomic E-state index is 2.34. The number of hydrogen-bond donors (Lipinski definition) is 0. The number of nitrogens with zero attached hydrogens (tertiary/aromatic N) is 2. The molecular formula is C16H20N2. The van der Waals surface area contributed by atoms with Crippen LogP contribution in [0.4, 0.5) is 0 Å². The first-order valence-electron chi connectivity index (χ1n) is 6.43. The fourth-order valence-corrected chi connectivity index (χ4v) is 3.46. The lowest BCUT2D eigenvalue weighted by Gasteiger charge is -2.43. The summed E-state index contributed by atoms with van der Waals surface area (Å²) < 4.78 is 0. The Balaban J connectivity index is 2.36. The van der Waals surface area contributed by atoms with Crippen molar-refractivity contribution in [3.8, 4) is 0 Å². The lowest BCUT2D eigenvalue weighted by atomic mass is 9.97. The van der Waals surface area contributed by atoms with Gasteiger partial charge in [-0.15, -0.1) is 0 Å². The van der Waals surface area contributed by atoms with Crippen LogP contribution >= 0.6 is 0 Å². The van der Waals surface area contributed by atoms with Crippen molar-refractivity contribution in [2.45, 2.75) is 12.1 Å². The minimum atomic E-state index is -0.0107. The molecule has 0 bridgehead atoms. The summed E-state index contributed by atoms with van der Waals surface area (Å²) in [5.74, 6) is 0. The van der Waals surface area contributed by atoms with Crippen molar-refractivity contribution in [1.82, 2.24) is 9.80 Å². The topological polar surface area (TPSA) is 6.48 Å². The molecule has 2 aromatic carbocycles. The van der Waals surface area contributed by atoms with Gasteiger partial charge in [0.15, 0.2) is 0 Å². The van der Waals surface area contributed by atoms with Gasteiger partial charge in [-0.25, -0.2) is 0 Å². The van der Waals surface area contributed by atoms with Crippen molar-refractivity contribution in [2.75, 3.05) is 28.2 Å². The van der Waals surface area contributed by atoms with E-state index < -0.39 is 0 Å². The second-order valence-corrected chi connectivity index (χ2v) is 5.60. The van der Waals surface area contributed by atoms with Gasteiger partial charge in [0.1, 0.15) is 5.66 Å². The van der Waals surface area contributed by atoms with Crippen LogP contribution in [0.15, 0.2) is 36.4 Å². The predicted octanol–water partition coefficient (Wildman–Crippen LogP) is 2.67. The van der Waals surface area contributed by atoms with E-state index in [9.17, 15) is 0 Å². The van der Waals surface area contributed by atoms with Gasteiger partial charge < -0.3 is 0 Å². The highest BCUT2D eigenvalue weighted by Gasteiger charge is 2.43. The van der Waals surface area contributed by atoms with E-state index in [1.54, 1.807) is 0 Å². The monoisotopic (exact) mass is 240 g/mol. The third kappa shape index (κ3) is 1.30. The van der Waals surface area contributed by atoms with Crippen LogP contribution in [0.25, 0.3) is 10.8 Å². The van der Waals surface area contributed by atoms with Crippen LogP contribution in [0.1, 0.15) is 11.1 Å². The van der Waals surface area contributed by atoms with Crippen LogP contribution in [0.2, 0.25) is 0 Å². The molecule has 0 radical (unpaired) electrons. The van der Waals surface area contributed by atoms with Crippen molar-refractivity contribution < 1.29 is 0 Å². The summed E-state index contributed by atoms with van der Waals surface area (Å²) in [5.41, 5.74) is 2.89. The quantitative estimate of drug-likeness (QED) is 0.745. The van der Waals surface area contributed by atoms with Crippen molar-refractivity contribution in [1.29, 1.82) is 0 Å². The Bertz CT molecular complexity index is 586. The van der Waals surface area contributed by atoms with Gasteiger partial charge >= 0.3 is 0 Å². The summed E-state index contributed by atoms with van der Waals surface area (Å²) in [6.45, 7) is 0. The highest BCUT2D eigenvalue weighted by Crippen LogP contribution is 2.44. The number of benzene rings is 2. The van der Waals surface area contributed by atoms with E-state index >= 15 is 0 Å². The third-order valence-corrected chi connectivity index (χ3v) is 4.34. The molecule has 0 amide bonds. The maximum atomic E-state index is 2.34. The Kier molecular flexibility index (Phi) is 2.47. The second kappa shape index (κ2) is 3.81. The fourth-order valence-electron chi connectivity index (χ4n) is 3.46. The van der Waals surface area contributed by atoms with Gasteiger partial charge in [0, 0.05) is 6.42 Å². The Morgan fingerprint density at radius 2 is 1.50 bits per heavy atom. The zero-order valence-electron chi connectivity index (χ0n) is 11.6. The largest absolute Gasteiger partial charge is 0.287 e. The van der Waals surface area contributed by atoms with E-state index in [0.29, 0.717) is 0 Å². The zero-order valence-corrected chi connectivity index (χ0v) is 11.6. The molecule has 1 aliphatic carbocycles. The summed E-state index contributed by atoms with van der Waals surface area (Å²) in [6.07, 6.45) is 1.06. The molecule has 0 unspecified atom stereocenters. The smallest absolute Gasteiger partial charge is 0.104 e. The first-order valence-corrected chi connectivity index (χ1v) is 6.43. The van der Waals surface area contributed by atoms with Crippen molar-refractivity contribution >= 4 is 10.8 Å². The molecule has 0 saturated heterocycles. The molecule has 3 rings (SSSR count). The fraction of sp³-hybridized carbons (Fsp3) is 0.375. The molecule has 0 fully saturated rings. The molecule has 94 valence electrons. The lowest BCUT2D eigenvalue weighted by molar-refractivity contribution is 0.00492. The minimum absolute atomic E-state index is 0.0107. The predicted molar refractivity (Wildman–Crippen MR) is 76.7 cm³/mol. The number of hydrogen-bond acceptors (Lipinski definition) is 2. The lowest BCUT2D eigenvalue weighted by Crippen LogP contribution is -2.52. The van der Waals surface area contributed by atoms with Crippen LogP contribution in [0, 0.1) is 0 Å². The molecule has 2 aromatic rings. The molecule has 0 saturated carbocycles. The summed E-state index contributed by atoms with van der Waals surface area (Å²) in [5, 5.41) is 2.80. The van der Waals surface area contributed by atoms with Crippen LogP contribution in [-0.4, -0.2) is 38.0 Å². The van der Waals surface area contributed by atoms with E-state index in [2.05, 4.69) is 74.4 Å². The summed E-state index contributed by atoms with van der Waals surface area (Å²) in [7, 11) is 8.69. The van der Waals surface area contributed by atoms with Crippen molar-refractivity contribution in [3.05, 3.63) is 47.5 Å². The molecule has 0 aliphatic heterocycles. The molecule has 0 spiro atoms. The van der Waals surface area contributed by atoms with Gasteiger partial charge in [-0.2, -0.15) is 0 Å². The van der Waals surface area contributed by atoms with E-state index in [0.717, 1.165) is 6.42 Å². The minimum Gasteiger partial charge on any atom is -0.287 e. The average molecular weight is 240 g/mol. The van der Waals surface area contributed by atoms with Crippen molar-refractivity contribution in [2.24, 2.45) is 0 Å². The average Bonchev–Trinajstić information content (AvgIpc) is 2.68. The third-order valence-electron chi connectivity index (χ3n) is 4.34. The molecule has 18 heavy (non-hydrogen) atoms. The zero-order chi connectivity index (χ0) is 12.9. The van der Waals surface area contributed by atoms with Crippen LogP contribution in [0.3, 0.4) is 0 Å². The molecule has 2 heteroatoms. The Morgan fingerprint density at radius 3 is 2.11 bits per heavy atom. The molecule has 0 heterocycles. The molecule has 1 aliphatic rings. The van der Waals surface area contributed by atoms with E-state index in [-0.39, 0.29) is 5.66 Å². The maximum Gasteiger partial charge on any atom is 0.104 e. The summed E-state index contributed by atoms with van der Waals surface area (Å²) in [4.78, 5) is 4.67. The van der Waals surface area contributed by atoms with Crippen molar-refractivity contribution in [3.63, 3.8) is 0 Å². The van der Waals surface area contributed by atoms with Gasteiger partial charge in [0.05, 0.1) is 0 Å². The van der Waals surface area contributed by atoms with Gasteiger partial charge in [0.2, 0.25) is 0 Å². The number of likely N-dealkylation sites (N-methyl/N-ethyl adjacent to an activating group) is 2. The Morgan fingerprint density at radius 1 is 0.889 bits per heavy atom. The Labute approximate surface area is 109 Å². The molecular weight excluding hydrogens is 220 g/mol. The van der Waals surface area contributed by atoms with Gasteiger partial charge in [-0.3, -0.25) is 9.80 Å². The normalized spacial score (nSPS) is 17.0. The standard InChI is InChI=1S/C16H20N2/c1-17(2)16(18(3)4)11-13-9-5-7-12-8-6-10-14(16)15(12)13/h5-10H,11H2,1-4H3. The summed E-state index contributed by atoms with van der Waals surface area (Å²) in [6, 6.07) is 13.3. The van der Waals surface area contributed by atoms with E-state index in [1.807, 2.05) is 0 Å². The van der Waals surface area contributed by atoms with Gasteiger partial charge in [0.25, 0.3) is 0 Å². The van der Waals surface area contributed by atoms with Crippen LogP contribution in [0.5, 0.6) is 0 Å². The highest BCUT2D eigenvalue weighted by molar-refractivity contribution is 5.92. The molecule has 0 N–H and O–H groups in total. The molecule has 2 nitrogen and oxygen atoms in total.